The summed E-state index contributed by atoms with van der Waals surface area (Å²) >= 11 is 1.70. The van der Waals surface area contributed by atoms with Gasteiger partial charge in [0.1, 0.15) is 0 Å². The van der Waals surface area contributed by atoms with Gasteiger partial charge in [0.15, 0.2) is 0 Å². The van der Waals surface area contributed by atoms with E-state index in [2.05, 4.69) is 44.2 Å². The summed E-state index contributed by atoms with van der Waals surface area (Å²) in [5, 5.41) is 8.49. The minimum atomic E-state index is 0.103. The van der Waals surface area contributed by atoms with Gasteiger partial charge in [-0.1, -0.05) is 26.0 Å². The van der Waals surface area contributed by atoms with Gasteiger partial charge in [-0.2, -0.15) is 5.26 Å². The molecule has 0 saturated carbocycles. The van der Waals surface area contributed by atoms with Crippen molar-refractivity contribution in [3.63, 3.8) is 0 Å². The quantitative estimate of drug-likeness (QED) is 0.720. The van der Waals surface area contributed by atoms with E-state index in [1.165, 1.54) is 10.5 Å². The molecule has 20 heavy (non-hydrogen) atoms. The first-order valence-electron chi connectivity index (χ1n) is 6.88. The highest BCUT2D eigenvalue weighted by atomic mass is 32.2. The second-order valence-electron chi connectivity index (χ2n) is 5.05. The lowest BCUT2D eigenvalue weighted by atomic mass is 10.0. The maximum absolute atomic E-state index is 11.8. The Hall–Kier alpha value is -1.47. The number of thioether (sulfide) groups is 1. The fourth-order valence-corrected chi connectivity index (χ4v) is 2.58. The molecule has 0 atom stereocenters. The Morgan fingerprint density at radius 3 is 2.55 bits per heavy atom. The molecule has 0 fully saturated rings. The third kappa shape index (κ3) is 5.66. The van der Waals surface area contributed by atoms with E-state index in [-0.39, 0.29) is 5.91 Å². The van der Waals surface area contributed by atoms with Crippen molar-refractivity contribution in [3.05, 3.63) is 29.8 Å². The molecule has 0 aromatic heterocycles. The van der Waals surface area contributed by atoms with Crippen molar-refractivity contribution in [1.29, 1.82) is 5.26 Å². The zero-order valence-electron chi connectivity index (χ0n) is 12.4. The Morgan fingerprint density at radius 1 is 1.35 bits per heavy atom. The summed E-state index contributed by atoms with van der Waals surface area (Å²) in [5.41, 5.74) is 1.33. The van der Waals surface area contributed by atoms with Gasteiger partial charge >= 0.3 is 0 Å². The molecule has 0 heterocycles. The largest absolute Gasteiger partial charge is 0.345 e. The summed E-state index contributed by atoms with van der Waals surface area (Å²) in [6, 6.07) is 10.6. The first kappa shape index (κ1) is 16.6. The van der Waals surface area contributed by atoms with Crippen LogP contribution in [0.2, 0.25) is 0 Å². The highest BCUT2D eigenvalue weighted by molar-refractivity contribution is 7.99. The van der Waals surface area contributed by atoms with Crippen molar-refractivity contribution in [1.82, 2.24) is 4.90 Å². The lowest BCUT2D eigenvalue weighted by Crippen LogP contribution is -2.27. The SMILES string of the molecule is CC(C)c1ccc(SCCC(=O)N(C)CCC#N)cc1. The van der Waals surface area contributed by atoms with Crippen LogP contribution in [0.4, 0.5) is 0 Å². The summed E-state index contributed by atoms with van der Waals surface area (Å²) in [6.07, 6.45) is 0.907. The second-order valence-corrected chi connectivity index (χ2v) is 6.21. The van der Waals surface area contributed by atoms with Gasteiger partial charge in [0.2, 0.25) is 5.91 Å². The summed E-state index contributed by atoms with van der Waals surface area (Å²) in [4.78, 5) is 14.6. The normalized spacial score (nSPS) is 10.3. The highest BCUT2D eigenvalue weighted by Crippen LogP contribution is 2.22. The van der Waals surface area contributed by atoms with Gasteiger partial charge in [-0.3, -0.25) is 4.79 Å². The lowest BCUT2D eigenvalue weighted by molar-refractivity contribution is -0.129. The van der Waals surface area contributed by atoms with Crippen molar-refractivity contribution in [2.24, 2.45) is 0 Å². The fourth-order valence-electron chi connectivity index (χ4n) is 1.74. The standard InChI is InChI=1S/C16H22N2OS/c1-13(2)14-5-7-15(8-6-14)20-12-9-16(19)18(3)11-4-10-17/h5-8,13H,4,9,11-12H2,1-3H3. The molecular weight excluding hydrogens is 268 g/mol. The molecule has 0 N–H and O–H groups in total. The van der Waals surface area contributed by atoms with Crippen molar-refractivity contribution >= 4 is 17.7 Å². The van der Waals surface area contributed by atoms with E-state index in [1.807, 2.05) is 0 Å². The van der Waals surface area contributed by atoms with Gasteiger partial charge in [-0.15, -0.1) is 11.8 Å². The van der Waals surface area contributed by atoms with Crippen molar-refractivity contribution < 1.29 is 4.79 Å². The van der Waals surface area contributed by atoms with Gasteiger partial charge in [0, 0.05) is 30.7 Å². The predicted octanol–water partition coefficient (Wildman–Crippen LogP) is 3.66. The van der Waals surface area contributed by atoms with Crippen LogP contribution in [0, 0.1) is 11.3 Å². The molecule has 0 aliphatic rings. The Kier molecular flexibility index (Phi) is 7.17. The van der Waals surface area contributed by atoms with Gasteiger partial charge in [-0.25, -0.2) is 0 Å². The third-order valence-corrected chi connectivity index (χ3v) is 4.13. The van der Waals surface area contributed by atoms with Crippen LogP contribution in [0.5, 0.6) is 0 Å². The van der Waals surface area contributed by atoms with Crippen LogP contribution in [0.3, 0.4) is 0 Å². The van der Waals surface area contributed by atoms with Crippen LogP contribution in [0.15, 0.2) is 29.2 Å². The second kappa shape index (κ2) is 8.65. The van der Waals surface area contributed by atoms with Crippen LogP contribution in [-0.4, -0.2) is 30.2 Å². The molecule has 0 aliphatic heterocycles. The van der Waals surface area contributed by atoms with Crippen LogP contribution in [0.1, 0.15) is 38.2 Å². The molecule has 0 radical (unpaired) electrons. The van der Waals surface area contributed by atoms with Crippen LogP contribution in [-0.2, 0) is 4.79 Å². The lowest BCUT2D eigenvalue weighted by Gasteiger charge is -2.15. The molecule has 1 aromatic rings. The van der Waals surface area contributed by atoms with Gasteiger partial charge < -0.3 is 4.90 Å². The van der Waals surface area contributed by atoms with Crippen molar-refractivity contribution in [3.8, 4) is 6.07 Å². The predicted molar refractivity (Wildman–Crippen MR) is 83.7 cm³/mol. The molecule has 1 amide bonds. The van der Waals surface area contributed by atoms with E-state index in [0.717, 1.165) is 5.75 Å². The Bertz CT molecular complexity index is 462. The van der Waals surface area contributed by atoms with Crippen molar-refractivity contribution in [2.45, 2.75) is 37.5 Å². The zero-order chi connectivity index (χ0) is 15.0. The first-order valence-corrected chi connectivity index (χ1v) is 7.87. The number of nitrogens with zero attached hydrogens (tertiary/aromatic N) is 2. The smallest absolute Gasteiger partial charge is 0.223 e. The van der Waals surface area contributed by atoms with Gasteiger partial charge in [0.25, 0.3) is 0 Å². The number of rotatable bonds is 7. The van der Waals surface area contributed by atoms with E-state index >= 15 is 0 Å². The Balaban J connectivity index is 2.33. The van der Waals surface area contributed by atoms with E-state index in [0.29, 0.717) is 25.3 Å². The van der Waals surface area contributed by atoms with Crippen molar-refractivity contribution in [2.75, 3.05) is 19.3 Å². The first-order chi connectivity index (χ1) is 9.54. The minimum Gasteiger partial charge on any atom is -0.345 e. The number of carbonyl (C=O) groups is 1. The maximum Gasteiger partial charge on any atom is 0.223 e. The summed E-state index contributed by atoms with van der Waals surface area (Å²) in [7, 11) is 1.75. The number of amides is 1. The molecule has 0 unspecified atom stereocenters. The van der Waals surface area contributed by atoms with E-state index < -0.39 is 0 Å². The molecule has 1 aromatic carbocycles. The average molecular weight is 290 g/mol. The van der Waals surface area contributed by atoms with E-state index in [4.69, 9.17) is 5.26 Å². The zero-order valence-corrected chi connectivity index (χ0v) is 13.2. The summed E-state index contributed by atoms with van der Waals surface area (Å²) in [5.74, 6) is 1.42. The third-order valence-electron chi connectivity index (χ3n) is 3.12. The van der Waals surface area contributed by atoms with E-state index in [1.54, 1.807) is 23.7 Å². The molecular formula is C16H22N2OS. The molecule has 3 nitrogen and oxygen atoms in total. The number of nitriles is 1. The number of hydrogen-bond donors (Lipinski definition) is 0. The highest BCUT2D eigenvalue weighted by Gasteiger charge is 2.08. The maximum atomic E-state index is 11.8. The van der Waals surface area contributed by atoms with Crippen LogP contribution < -0.4 is 0 Å². The topological polar surface area (TPSA) is 44.1 Å². The van der Waals surface area contributed by atoms with Gasteiger partial charge in [0.05, 0.1) is 12.5 Å². The average Bonchev–Trinajstić information content (AvgIpc) is 2.45. The number of benzene rings is 1. The van der Waals surface area contributed by atoms with E-state index in [9.17, 15) is 4.79 Å². The van der Waals surface area contributed by atoms with Crippen LogP contribution in [0.25, 0.3) is 0 Å². The van der Waals surface area contributed by atoms with Gasteiger partial charge in [-0.05, 0) is 23.6 Å². The molecule has 4 heteroatoms. The molecule has 1 rings (SSSR count). The Morgan fingerprint density at radius 2 is 2.00 bits per heavy atom. The Labute approximate surface area is 126 Å². The fraction of sp³-hybridized carbons (Fsp3) is 0.500. The molecule has 0 aliphatic carbocycles. The number of carbonyl (C=O) groups excluding carboxylic acids is 1. The molecule has 108 valence electrons. The summed E-state index contributed by atoms with van der Waals surface area (Å²) in [6.45, 7) is 4.87. The molecule has 0 bridgehead atoms. The monoisotopic (exact) mass is 290 g/mol. The number of hydrogen-bond acceptors (Lipinski definition) is 3. The van der Waals surface area contributed by atoms with Crippen LogP contribution >= 0.6 is 11.8 Å². The summed E-state index contributed by atoms with van der Waals surface area (Å²) < 4.78 is 0. The minimum absolute atomic E-state index is 0.103. The molecule has 0 spiro atoms. The molecule has 0 saturated heterocycles.